The molecular weight excluding hydrogens is 188 g/mol. The molecule has 0 saturated carbocycles. The number of para-hydroxylation sites is 1. The molecule has 0 saturated heterocycles. The van der Waals surface area contributed by atoms with E-state index in [9.17, 15) is 4.79 Å². The zero-order chi connectivity index (χ0) is 10.8. The van der Waals surface area contributed by atoms with Crippen LogP contribution in [0.2, 0.25) is 0 Å². The molecule has 0 aliphatic rings. The van der Waals surface area contributed by atoms with E-state index in [1.54, 1.807) is 18.2 Å². The van der Waals surface area contributed by atoms with Crippen molar-refractivity contribution in [2.45, 2.75) is 0 Å². The van der Waals surface area contributed by atoms with Gasteiger partial charge in [-0.1, -0.05) is 31.4 Å². The molecule has 0 amide bonds. The summed E-state index contributed by atoms with van der Waals surface area (Å²) in [4.78, 5) is 12.0. The van der Waals surface area contributed by atoms with Gasteiger partial charge in [0, 0.05) is 0 Å². The summed E-state index contributed by atoms with van der Waals surface area (Å²) in [7, 11) is 0. The van der Waals surface area contributed by atoms with E-state index in [4.69, 9.17) is 4.42 Å². The summed E-state index contributed by atoms with van der Waals surface area (Å²) in [5, 5.41) is 0.568. The van der Waals surface area contributed by atoms with Crippen LogP contribution in [-0.2, 0) is 0 Å². The molecular formula is C13H10O2. The SMILES string of the molecule is C=Cc1oc2ccccc2c(=O)c1C=C. The van der Waals surface area contributed by atoms with Crippen molar-refractivity contribution in [2.75, 3.05) is 0 Å². The zero-order valence-corrected chi connectivity index (χ0v) is 8.19. The number of hydrogen-bond acceptors (Lipinski definition) is 2. The Kier molecular flexibility index (Phi) is 2.26. The van der Waals surface area contributed by atoms with Gasteiger partial charge in [-0.15, -0.1) is 0 Å². The molecule has 0 spiro atoms. The number of fused-ring (bicyclic) bond motifs is 1. The van der Waals surface area contributed by atoms with E-state index in [2.05, 4.69) is 13.2 Å². The van der Waals surface area contributed by atoms with E-state index in [1.165, 1.54) is 12.2 Å². The summed E-state index contributed by atoms with van der Waals surface area (Å²) in [6.45, 7) is 7.21. The number of rotatable bonds is 2. The molecule has 2 aromatic rings. The van der Waals surface area contributed by atoms with Gasteiger partial charge in [-0.05, 0) is 18.2 Å². The van der Waals surface area contributed by atoms with Crippen LogP contribution in [0.4, 0.5) is 0 Å². The first-order chi connectivity index (χ1) is 7.27. The lowest BCUT2D eigenvalue weighted by atomic mass is 10.1. The standard InChI is InChI=1S/C13H10O2/c1-3-9-11(4-2)15-12-8-6-5-7-10(12)13(9)14/h3-8H,1-2H2. The van der Waals surface area contributed by atoms with Crippen LogP contribution in [0, 0.1) is 0 Å². The van der Waals surface area contributed by atoms with Crippen LogP contribution in [0.3, 0.4) is 0 Å². The van der Waals surface area contributed by atoms with E-state index in [-0.39, 0.29) is 5.43 Å². The van der Waals surface area contributed by atoms with Crippen LogP contribution in [0.15, 0.2) is 46.6 Å². The van der Waals surface area contributed by atoms with Crippen LogP contribution in [0.25, 0.3) is 23.1 Å². The maximum atomic E-state index is 12.0. The molecule has 0 N–H and O–H groups in total. The largest absolute Gasteiger partial charge is 0.456 e. The molecule has 0 unspecified atom stereocenters. The Morgan fingerprint density at radius 2 is 1.87 bits per heavy atom. The van der Waals surface area contributed by atoms with Gasteiger partial charge in [0.05, 0.1) is 10.9 Å². The van der Waals surface area contributed by atoms with E-state index < -0.39 is 0 Å². The topological polar surface area (TPSA) is 30.2 Å². The molecule has 74 valence electrons. The molecule has 0 aliphatic carbocycles. The highest BCUT2D eigenvalue weighted by Gasteiger charge is 2.08. The molecule has 1 aromatic heterocycles. The maximum absolute atomic E-state index is 12.0. The minimum atomic E-state index is -0.0678. The molecule has 0 atom stereocenters. The van der Waals surface area contributed by atoms with Crippen LogP contribution < -0.4 is 5.43 Å². The molecule has 0 bridgehead atoms. The Morgan fingerprint density at radius 3 is 2.53 bits per heavy atom. The smallest absolute Gasteiger partial charge is 0.200 e. The first-order valence-corrected chi connectivity index (χ1v) is 4.58. The molecule has 1 aromatic carbocycles. The Morgan fingerprint density at radius 1 is 1.13 bits per heavy atom. The summed E-state index contributed by atoms with van der Waals surface area (Å²) in [5.41, 5.74) is 0.966. The Hall–Kier alpha value is -2.09. The maximum Gasteiger partial charge on any atom is 0.200 e. The van der Waals surface area contributed by atoms with Crippen molar-refractivity contribution in [1.29, 1.82) is 0 Å². The third-order valence-electron chi connectivity index (χ3n) is 2.25. The summed E-state index contributed by atoms with van der Waals surface area (Å²) in [6.07, 6.45) is 3.01. The minimum absolute atomic E-state index is 0.0678. The Balaban J connectivity index is 3.00. The molecule has 2 rings (SSSR count). The van der Waals surface area contributed by atoms with Gasteiger partial charge in [0.1, 0.15) is 11.3 Å². The van der Waals surface area contributed by atoms with Gasteiger partial charge in [0.25, 0.3) is 0 Å². The van der Waals surface area contributed by atoms with Gasteiger partial charge in [0.15, 0.2) is 0 Å². The minimum Gasteiger partial charge on any atom is -0.456 e. The first kappa shape index (κ1) is 9.46. The third kappa shape index (κ3) is 1.40. The van der Waals surface area contributed by atoms with Crippen molar-refractivity contribution in [3.63, 3.8) is 0 Å². The monoisotopic (exact) mass is 198 g/mol. The molecule has 0 radical (unpaired) electrons. The zero-order valence-electron chi connectivity index (χ0n) is 8.19. The van der Waals surface area contributed by atoms with Crippen molar-refractivity contribution in [3.8, 4) is 0 Å². The predicted molar refractivity (Wildman–Crippen MR) is 62.7 cm³/mol. The highest BCUT2D eigenvalue weighted by molar-refractivity contribution is 5.80. The quantitative estimate of drug-likeness (QED) is 0.742. The van der Waals surface area contributed by atoms with Crippen LogP contribution in [0.1, 0.15) is 11.3 Å². The van der Waals surface area contributed by atoms with Gasteiger partial charge in [-0.25, -0.2) is 0 Å². The lowest BCUT2D eigenvalue weighted by Crippen LogP contribution is -2.06. The summed E-state index contributed by atoms with van der Waals surface area (Å²) in [5.74, 6) is 0.466. The molecule has 2 heteroatoms. The number of hydrogen-bond donors (Lipinski definition) is 0. The highest BCUT2D eigenvalue weighted by Crippen LogP contribution is 2.16. The van der Waals surface area contributed by atoms with Gasteiger partial charge in [-0.2, -0.15) is 0 Å². The lowest BCUT2D eigenvalue weighted by Gasteiger charge is -2.02. The van der Waals surface area contributed by atoms with Gasteiger partial charge in [-0.3, -0.25) is 4.79 Å². The fourth-order valence-electron chi connectivity index (χ4n) is 1.52. The van der Waals surface area contributed by atoms with Gasteiger partial charge < -0.3 is 4.42 Å². The second-order valence-electron chi connectivity index (χ2n) is 3.11. The normalized spacial score (nSPS) is 10.1. The summed E-state index contributed by atoms with van der Waals surface area (Å²) in [6, 6.07) is 7.13. The summed E-state index contributed by atoms with van der Waals surface area (Å²) >= 11 is 0. The number of benzene rings is 1. The molecule has 15 heavy (non-hydrogen) atoms. The fourth-order valence-corrected chi connectivity index (χ4v) is 1.52. The van der Waals surface area contributed by atoms with Crippen LogP contribution >= 0.6 is 0 Å². The Labute approximate surface area is 87.2 Å². The molecule has 1 heterocycles. The van der Waals surface area contributed by atoms with Crippen molar-refractivity contribution in [2.24, 2.45) is 0 Å². The summed E-state index contributed by atoms with van der Waals surface area (Å²) < 4.78 is 5.52. The first-order valence-electron chi connectivity index (χ1n) is 4.58. The Bertz CT molecular complexity index is 591. The van der Waals surface area contributed by atoms with Gasteiger partial charge in [0.2, 0.25) is 5.43 Å². The van der Waals surface area contributed by atoms with Crippen molar-refractivity contribution in [1.82, 2.24) is 0 Å². The predicted octanol–water partition coefficient (Wildman–Crippen LogP) is 3.08. The lowest BCUT2D eigenvalue weighted by molar-refractivity contribution is 0.589. The van der Waals surface area contributed by atoms with E-state index in [0.717, 1.165) is 0 Å². The average molecular weight is 198 g/mol. The molecule has 0 fully saturated rings. The van der Waals surface area contributed by atoms with E-state index in [0.29, 0.717) is 22.3 Å². The second-order valence-corrected chi connectivity index (χ2v) is 3.11. The van der Waals surface area contributed by atoms with Crippen molar-refractivity contribution in [3.05, 3.63) is 59.0 Å². The van der Waals surface area contributed by atoms with E-state index in [1.807, 2.05) is 6.07 Å². The van der Waals surface area contributed by atoms with Crippen LogP contribution in [-0.4, -0.2) is 0 Å². The van der Waals surface area contributed by atoms with Crippen molar-refractivity contribution < 1.29 is 4.42 Å². The fraction of sp³-hybridized carbons (Fsp3) is 0. The molecule has 0 aliphatic heterocycles. The van der Waals surface area contributed by atoms with Crippen LogP contribution in [0.5, 0.6) is 0 Å². The van der Waals surface area contributed by atoms with Gasteiger partial charge >= 0.3 is 0 Å². The highest BCUT2D eigenvalue weighted by atomic mass is 16.3. The van der Waals surface area contributed by atoms with E-state index >= 15 is 0 Å². The molecule has 2 nitrogen and oxygen atoms in total. The average Bonchev–Trinajstić information content (AvgIpc) is 2.29. The van der Waals surface area contributed by atoms with Crippen molar-refractivity contribution >= 4 is 23.1 Å². The third-order valence-corrected chi connectivity index (χ3v) is 2.25. The second kappa shape index (κ2) is 3.58.